The molecule has 0 aromatic heterocycles. The molecule has 0 saturated carbocycles. The summed E-state index contributed by atoms with van der Waals surface area (Å²) in [5.41, 5.74) is 1.01. The summed E-state index contributed by atoms with van der Waals surface area (Å²) < 4.78 is 21.4. The average molecular weight is 211 g/mol. The van der Waals surface area contributed by atoms with Crippen LogP contribution >= 0.6 is 0 Å². The monoisotopic (exact) mass is 211 g/mol. The Morgan fingerprint density at radius 2 is 1.67 bits per heavy atom. The largest absolute Gasteiger partial charge is 1.00 e. The molecule has 0 atom stereocenters. The Morgan fingerprint density at radius 3 is 2.00 bits per heavy atom. The predicted octanol–water partition coefficient (Wildman–Crippen LogP) is -2.24. The van der Waals surface area contributed by atoms with Crippen molar-refractivity contribution in [1.29, 1.82) is 0 Å². The molecule has 62 valence electrons. The fourth-order valence-electron chi connectivity index (χ4n) is 0.728. The Bertz CT molecular complexity index is 349. The molecule has 0 aliphatic heterocycles. The molecule has 0 aliphatic carbocycles. The maximum Gasteiger partial charge on any atom is 1.00 e. The van der Waals surface area contributed by atoms with E-state index in [4.69, 9.17) is 5.14 Å². The van der Waals surface area contributed by atoms with Crippen molar-refractivity contribution >= 4 is 10.0 Å². The number of hydrogen-bond donors (Lipinski definition) is 1. The van der Waals surface area contributed by atoms with Crippen molar-refractivity contribution in [2.75, 3.05) is 0 Å². The molecule has 3 nitrogen and oxygen atoms in total. The van der Waals surface area contributed by atoms with Gasteiger partial charge in [0.15, 0.2) is 0 Å². The minimum atomic E-state index is -3.52. The van der Waals surface area contributed by atoms with Gasteiger partial charge in [-0.3, -0.25) is 0 Å². The van der Waals surface area contributed by atoms with Crippen molar-refractivity contribution in [1.82, 2.24) is 0 Å². The van der Waals surface area contributed by atoms with Crippen molar-refractivity contribution in [3.63, 3.8) is 0 Å². The van der Waals surface area contributed by atoms with E-state index < -0.39 is 10.0 Å². The third-order valence-corrected chi connectivity index (χ3v) is 2.28. The normalized spacial score (nSPS) is 10.5. The van der Waals surface area contributed by atoms with Crippen LogP contribution in [0.4, 0.5) is 0 Å². The summed E-state index contributed by atoms with van der Waals surface area (Å²) in [4.78, 5) is 0.156. The summed E-state index contributed by atoms with van der Waals surface area (Å²) in [6.45, 7) is 1.88. The third kappa shape index (κ3) is 3.65. The van der Waals surface area contributed by atoms with Gasteiger partial charge in [-0.25, -0.2) is 13.6 Å². The van der Waals surface area contributed by atoms with Gasteiger partial charge in [0.1, 0.15) is 0 Å². The van der Waals surface area contributed by atoms with Crippen molar-refractivity contribution in [3.05, 3.63) is 29.8 Å². The standard InChI is InChI=1S/C7H9NO2S.K.H/c1-6-2-4-7(5-3-6)11(8,9)10;;/h2-5H,1H3,(H2,8,9,10);;/q;+1;-1. The molecule has 12 heavy (non-hydrogen) atoms. The first-order valence-corrected chi connectivity index (χ1v) is 4.64. The van der Waals surface area contributed by atoms with Gasteiger partial charge < -0.3 is 1.43 Å². The third-order valence-electron chi connectivity index (χ3n) is 1.35. The minimum absolute atomic E-state index is 0. The Balaban J connectivity index is 0. The number of benzene rings is 1. The van der Waals surface area contributed by atoms with E-state index in [1.54, 1.807) is 12.1 Å². The number of rotatable bonds is 1. The van der Waals surface area contributed by atoms with Crippen LogP contribution in [-0.2, 0) is 10.0 Å². The molecule has 0 radical (unpaired) electrons. The molecule has 1 rings (SSSR count). The average Bonchev–Trinajstić information content (AvgIpc) is 1.86. The molecule has 5 heteroatoms. The van der Waals surface area contributed by atoms with Gasteiger partial charge in [0.25, 0.3) is 0 Å². The van der Waals surface area contributed by atoms with E-state index >= 15 is 0 Å². The number of hydrogen-bond acceptors (Lipinski definition) is 2. The second kappa shape index (κ2) is 4.85. The van der Waals surface area contributed by atoms with E-state index in [0.717, 1.165) is 5.56 Å². The van der Waals surface area contributed by atoms with E-state index in [-0.39, 0.29) is 57.7 Å². The fraction of sp³-hybridized carbons (Fsp3) is 0.143. The van der Waals surface area contributed by atoms with Crippen molar-refractivity contribution in [2.24, 2.45) is 5.14 Å². The molecule has 0 spiro atoms. The summed E-state index contributed by atoms with van der Waals surface area (Å²) in [5, 5.41) is 4.88. The topological polar surface area (TPSA) is 60.2 Å². The second-order valence-electron chi connectivity index (χ2n) is 2.36. The van der Waals surface area contributed by atoms with Gasteiger partial charge in [0.05, 0.1) is 4.90 Å². The van der Waals surface area contributed by atoms with Crippen LogP contribution in [0.2, 0.25) is 0 Å². The van der Waals surface area contributed by atoms with Gasteiger partial charge in [-0.15, -0.1) is 0 Å². The number of sulfonamides is 1. The van der Waals surface area contributed by atoms with E-state index in [0.29, 0.717) is 0 Å². The first-order chi connectivity index (χ1) is 5.00. The van der Waals surface area contributed by atoms with Gasteiger partial charge in [0.2, 0.25) is 10.0 Å². The summed E-state index contributed by atoms with van der Waals surface area (Å²) in [5.74, 6) is 0. The van der Waals surface area contributed by atoms with Crippen LogP contribution in [0.1, 0.15) is 6.99 Å². The van der Waals surface area contributed by atoms with Gasteiger partial charge in [0, 0.05) is 0 Å². The van der Waals surface area contributed by atoms with Crippen LogP contribution in [0.25, 0.3) is 0 Å². The predicted molar refractivity (Wildman–Crippen MR) is 43.7 cm³/mol. The number of aryl methyl sites for hydroxylation is 1. The van der Waals surface area contributed by atoms with Gasteiger partial charge >= 0.3 is 51.4 Å². The SMILES string of the molecule is Cc1ccc(S(N)(=O)=O)cc1.[H-].[K+]. The molecular formula is C7H10KNO2S. The Kier molecular flexibility index (Phi) is 5.16. The maximum atomic E-state index is 10.7. The van der Waals surface area contributed by atoms with Crippen LogP contribution in [0.5, 0.6) is 0 Å². The van der Waals surface area contributed by atoms with E-state index in [2.05, 4.69) is 0 Å². The van der Waals surface area contributed by atoms with E-state index in [9.17, 15) is 8.42 Å². The molecule has 2 N–H and O–H groups in total. The smallest absolute Gasteiger partial charge is 1.00 e. The molecule has 1 aromatic rings. The Labute approximate surface area is 116 Å². The molecule has 0 amide bonds. The van der Waals surface area contributed by atoms with Crippen molar-refractivity contribution in [3.8, 4) is 0 Å². The summed E-state index contributed by atoms with van der Waals surface area (Å²) in [7, 11) is -3.52. The first-order valence-electron chi connectivity index (χ1n) is 3.09. The zero-order valence-electron chi connectivity index (χ0n) is 8.11. The maximum absolute atomic E-state index is 10.7. The zero-order valence-corrected chi connectivity index (χ0v) is 11.1. The van der Waals surface area contributed by atoms with Crippen LogP contribution < -0.4 is 56.5 Å². The molecule has 0 aliphatic rings. The van der Waals surface area contributed by atoms with Crippen LogP contribution in [0.3, 0.4) is 0 Å². The van der Waals surface area contributed by atoms with Gasteiger partial charge in [-0.05, 0) is 19.1 Å². The van der Waals surface area contributed by atoms with Crippen LogP contribution in [0.15, 0.2) is 29.2 Å². The summed E-state index contributed by atoms with van der Waals surface area (Å²) >= 11 is 0. The Morgan fingerprint density at radius 1 is 1.25 bits per heavy atom. The van der Waals surface area contributed by atoms with Crippen LogP contribution in [0, 0.1) is 6.92 Å². The number of nitrogens with two attached hydrogens (primary N) is 1. The quantitative estimate of drug-likeness (QED) is 0.534. The molecule has 0 saturated heterocycles. The van der Waals surface area contributed by atoms with Gasteiger partial charge in [-0.1, -0.05) is 17.7 Å². The van der Waals surface area contributed by atoms with E-state index in [1.807, 2.05) is 6.92 Å². The Hall–Kier alpha value is 0.766. The summed E-state index contributed by atoms with van der Waals surface area (Å²) in [6, 6.07) is 6.40. The molecule has 0 bridgehead atoms. The fourth-order valence-corrected chi connectivity index (χ4v) is 1.24. The molecular weight excluding hydrogens is 201 g/mol. The zero-order chi connectivity index (χ0) is 8.48. The second-order valence-corrected chi connectivity index (χ2v) is 3.92. The van der Waals surface area contributed by atoms with Crippen molar-refractivity contribution < 1.29 is 61.2 Å². The number of primary sulfonamides is 1. The molecule has 0 fully saturated rings. The summed E-state index contributed by atoms with van der Waals surface area (Å²) in [6.07, 6.45) is 0. The minimum Gasteiger partial charge on any atom is -1.00 e. The van der Waals surface area contributed by atoms with Gasteiger partial charge in [-0.2, -0.15) is 0 Å². The van der Waals surface area contributed by atoms with Crippen LogP contribution in [-0.4, -0.2) is 8.42 Å². The molecule has 0 heterocycles. The first kappa shape index (κ1) is 12.8. The molecule has 0 unspecified atom stereocenters. The van der Waals surface area contributed by atoms with E-state index in [1.165, 1.54) is 12.1 Å². The molecule has 1 aromatic carbocycles. The van der Waals surface area contributed by atoms with Crippen molar-refractivity contribution in [2.45, 2.75) is 11.8 Å².